The summed E-state index contributed by atoms with van der Waals surface area (Å²) in [5.74, 6) is -2.59. The van der Waals surface area contributed by atoms with E-state index in [2.05, 4.69) is 10.3 Å². The van der Waals surface area contributed by atoms with E-state index in [1.54, 1.807) is 18.2 Å². The Morgan fingerprint density at radius 2 is 1.79 bits per heavy atom. The minimum absolute atomic E-state index is 0.0162. The number of rotatable bonds is 5. The lowest BCUT2D eigenvalue weighted by Gasteiger charge is -2.12. The molecule has 0 bridgehead atoms. The quantitative estimate of drug-likeness (QED) is 0.649. The number of imidazole rings is 1. The van der Waals surface area contributed by atoms with Gasteiger partial charge in [0.15, 0.2) is 5.69 Å². The lowest BCUT2D eigenvalue weighted by molar-refractivity contribution is 0.0950. The number of aromatic nitrogens is 2. The molecule has 1 saturated carbocycles. The van der Waals surface area contributed by atoms with Crippen LogP contribution in [0, 0.1) is 18.6 Å². The molecule has 0 aliphatic heterocycles. The van der Waals surface area contributed by atoms with Gasteiger partial charge in [0, 0.05) is 23.2 Å². The van der Waals surface area contributed by atoms with Crippen LogP contribution in [-0.4, -0.2) is 27.3 Å². The largest absolute Gasteiger partial charge is 0.383 e. The summed E-state index contributed by atoms with van der Waals surface area (Å²) in [6.07, 6.45) is 3.30. The second-order valence-corrected chi connectivity index (χ2v) is 7.08. The number of halogens is 2. The predicted octanol–water partition coefficient (Wildman–Crippen LogP) is 3.16. The van der Waals surface area contributed by atoms with Gasteiger partial charge in [-0.1, -0.05) is 6.07 Å². The van der Waals surface area contributed by atoms with Gasteiger partial charge in [-0.25, -0.2) is 13.8 Å². The van der Waals surface area contributed by atoms with Crippen molar-refractivity contribution in [2.24, 2.45) is 0 Å². The Morgan fingerprint density at radius 1 is 1.10 bits per heavy atom. The van der Waals surface area contributed by atoms with E-state index in [1.165, 1.54) is 10.9 Å². The van der Waals surface area contributed by atoms with Gasteiger partial charge in [0.25, 0.3) is 5.91 Å². The zero-order valence-corrected chi connectivity index (χ0v) is 15.6. The molecule has 29 heavy (non-hydrogen) atoms. The van der Waals surface area contributed by atoms with Crippen LogP contribution >= 0.6 is 0 Å². The van der Waals surface area contributed by atoms with Crippen LogP contribution in [0.5, 0.6) is 0 Å². The minimum atomic E-state index is -0.864. The molecule has 1 aliphatic rings. The Hall–Kier alpha value is -3.55. The molecule has 1 aromatic heterocycles. The molecular weight excluding hydrogens is 378 g/mol. The van der Waals surface area contributed by atoms with E-state index in [-0.39, 0.29) is 29.0 Å². The third kappa shape index (κ3) is 3.73. The van der Waals surface area contributed by atoms with E-state index >= 15 is 0 Å². The van der Waals surface area contributed by atoms with E-state index in [4.69, 9.17) is 5.73 Å². The van der Waals surface area contributed by atoms with Crippen molar-refractivity contribution in [2.45, 2.75) is 25.8 Å². The molecule has 0 radical (unpaired) electrons. The summed E-state index contributed by atoms with van der Waals surface area (Å²) in [6.45, 7) is 1.83. The fraction of sp³-hybridized carbons (Fsp3) is 0.190. The van der Waals surface area contributed by atoms with E-state index in [0.717, 1.165) is 30.5 Å². The number of nitrogen functional groups attached to an aromatic ring is 1. The number of nitrogens with two attached hydrogens (primary N) is 1. The molecule has 3 aromatic rings. The molecule has 8 heteroatoms. The standard InChI is InChI=1S/C21H18F2N4O2/c1-11-2-3-12(21(29)26-16-4-5-16)8-17(11)27-10-25-18(20(27)24)19(28)13-6-14(22)9-15(23)7-13/h2-3,6-10,16H,4-5,24H2,1H3,(H,26,29). The van der Waals surface area contributed by atoms with E-state index < -0.39 is 17.4 Å². The molecule has 0 saturated heterocycles. The maximum Gasteiger partial charge on any atom is 0.251 e. The van der Waals surface area contributed by atoms with Crippen molar-refractivity contribution < 1.29 is 18.4 Å². The number of carbonyl (C=O) groups is 2. The van der Waals surface area contributed by atoms with Gasteiger partial charge in [-0.2, -0.15) is 0 Å². The fourth-order valence-corrected chi connectivity index (χ4v) is 3.05. The molecule has 1 heterocycles. The average Bonchev–Trinajstić information content (AvgIpc) is 3.40. The van der Waals surface area contributed by atoms with Crippen LogP contribution in [0.1, 0.15) is 44.8 Å². The van der Waals surface area contributed by atoms with Crippen LogP contribution in [0.25, 0.3) is 5.69 Å². The number of carbonyl (C=O) groups excluding carboxylic acids is 2. The zero-order valence-electron chi connectivity index (χ0n) is 15.6. The number of nitrogens with zero attached hydrogens (tertiary/aromatic N) is 2. The second-order valence-electron chi connectivity index (χ2n) is 7.08. The van der Waals surface area contributed by atoms with Crippen molar-refractivity contribution in [1.29, 1.82) is 0 Å². The van der Waals surface area contributed by atoms with Crippen LogP contribution < -0.4 is 11.1 Å². The smallest absolute Gasteiger partial charge is 0.251 e. The van der Waals surface area contributed by atoms with Gasteiger partial charge >= 0.3 is 0 Å². The van der Waals surface area contributed by atoms with Gasteiger partial charge < -0.3 is 11.1 Å². The molecule has 0 spiro atoms. The number of nitrogens with one attached hydrogen (secondary N) is 1. The fourth-order valence-electron chi connectivity index (χ4n) is 3.05. The molecule has 4 rings (SSSR count). The first-order chi connectivity index (χ1) is 13.8. The summed E-state index contributed by atoms with van der Waals surface area (Å²) in [6, 6.07) is 7.92. The highest BCUT2D eigenvalue weighted by Gasteiger charge is 2.25. The summed E-state index contributed by atoms with van der Waals surface area (Å²) < 4.78 is 28.4. The molecular formula is C21H18F2N4O2. The first-order valence-electron chi connectivity index (χ1n) is 9.09. The number of hydrogen-bond acceptors (Lipinski definition) is 4. The summed E-state index contributed by atoms with van der Waals surface area (Å²) >= 11 is 0. The van der Waals surface area contributed by atoms with Crippen molar-refractivity contribution >= 4 is 17.5 Å². The highest BCUT2D eigenvalue weighted by molar-refractivity contribution is 6.10. The second kappa shape index (κ2) is 7.12. The Morgan fingerprint density at radius 3 is 2.45 bits per heavy atom. The van der Waals surface area contributed by atoms with Gasteiger partial charge in [0.05, 0.1) is 5.69 Å². The summed E-state index contributed by atoms with van der Waals surface area (Å²) in [7, 11) is 0. The van der Waals surface area contributed by atoms with Crippen LogP contribution in [0.15, 0.2) is 42.7 Å². The highest BCUT2D eigenvalue weighted by atomic mass is 19.1. The first-order valence-corrected chi connectivity index (χ1v) is 9.09. The van der Waals surface area contributed by atoms with Crippen LogP contribution in [0.3, 0.4) is 0 Å². The van der Waals surface area contributed by atoms with Crippen molar-refractivity contribution in [2.75, 3.05) is 5.73 Å². The van der Waals surface area contributed by atoms with Gasteiger partial charge in [0.1, 0.15) is 23.8 Å². The summed E-state index contributed by atoms with van der Waals surface area (Å²) in [5, 5.41) is 2.92. The molecule has 148 valence electrons. The zero-order chi connectivity index (χ0) is 20.7. The molecule has 1 aliphatic carbocycles. The molecule has 3 N–H and O–H groups in total. The summed E-state index contributed by atoms with van der Waals surface area (Å²) in [4.78, 5) is 29.0. The van der Waals surface area contributed by atoms with Crippen LogP contribution in [0.2, 0.25) is 0 Å². The van der Waals surface area contributed by atoms with E-state index in [1.807, 2.05) is 6.92 Å². The number of anilines is 1. The number of aryl methyl sites for hydroxylation is 1. The van der Waals surface area contributed by atoms with Crippen molar-refractivity contribution in [3.63, 3.8) is 0 Å². The molecule has 0 atom stereocenters. The third-order valence-corrected chi connectivity index (χ3v) is 4.79. The third-order valence-electron chi connectivity index (χ3n) is 4.79. The predicted molar refractivity (Wildman–Crippen MR) is 103 cm³/mol. The van der Waals surface area contributed by atoms with Crippen molar-refractivity contribution in [3.8, 4) is 5.69 Å². The molecule has 6 nitrogen and oxygen atoms in total. The van der Waals surface area contributed by atoms with Crippen molar-refractivity contribution in [3.05, 3.63) is 76.7 Å². The number of amides is 1. The van der Waals surface area contributed by atoms with E-state index in [0.29, 0.717) is 17.3 Å². The van der Waals surface area contributed by atoms with Gasteiger partial charge in [0.2, 0.25) is 5.78 Å². The van der Waals surface area contributed by atoms with Crippen LogP contribution in [-0.2, 0) is 0 Å². The van der Waals surface area contributed by atoms with Crippen LogP contribution in [0.4, 0.5) is 14.6 Å². The molecule has 1 amide bonds. The van der Waals surface area contributed by atoms with Gasteiger partial charge in [-0.05, 0) is 49.6 Å². The maximum atomic E-state index is 13.5. The minimum Gasteiger partial charge on any atom is -0.383 e. The van der Waals surface area contributed by atoms with Gasteiger partial charge in [-0.15, -0.1) is 0 Å². The average molecular weight is 396 g/mol. The Labute approximate surface area is 165 Å². The summed E-state index contributed by atoms with van der Waals surface area (Å²) in [5.41, 5.74) is 7.68. The maximum absolute atomic E-state index is 13.5. The molecule has 1 fully saturated rings. The SMILES string of the molecule is Cc1ccc(C(=O)NC2CC2)cc1-n1cnc(C(=O)c2cc(F)cc(F)c2)c1N. The monoisotopic (exact) mass is 396 g/mol. The number of ketones is 1. The Bertz CT molecular complexity index is 1120. The Kier molecular flexibility index (Phi) is 4.62. The normalized spacial score (nSPS) is 13.3. The number of benzene rings is 2. The van der Waals surface area contributed by atoms with Crippen molar-refractivity contribution in [1.82, 2.24) is 14.9 Å². The topological polar surface area (TPSA) is 90.0 Å². The lowest BCUT2D eigenvalue weighted by Crippen LogP contribution is -2.25. The molecule has 0 unspecified atom stereocenters. The van der Waals surface area contributed by atoms with Gasteiger partial charge in [-0.3, -0.25) is 14.2 Å². The van der Waals surface area contributed by atoms with E-state index in [9.17, 15) is 18.4 Å². The Balaban J connectivity index is 1.69. The highest BCUT2D eigenvalue weighted by Crippen LogP contribution is 2.25. The molecule has 2 aromatic carbocycles. The number of hydrogen-bond donors (Lipinski definition) is 2. The first kappa shape index (κ1) is 18.8. The lowest BCUT2D eigenvalue weighted by atomic mass is 10.1.